The van der Waals surface area contributed by atoms with Crippen LogP contribution in [0.25, 0.3) is 0 Å². The van der Waals surface area contributed by atoms with Gasteiger partial charge >= 0.3 is 10.4 Å². The second-order valence-corrected chi connectivity index (χ2v) is 7.47. The van der Waals surface area contributed by atoms with Crippen molar-refractivity contribution in [2.75, 3.05) is 0 Å². The van der Waals surface area contributed by atoms with Crippen molar-refractivity contribution in [1.29, 1.82) is 0 Å². The van der Waals surface area contributed by atoms with E-state index in [2.05, 4.69) is 37.3 Å². The van der Waals surface area contributed by atoms with Gasteiger partial charge in [0.15, 0.2) is 0 Å². The first-order valence-corrected chi connectivity index (χ1v) is 11.1. The van der Waals surface area contributed by atoms with Crippen LogP contribution in [0.4, 0.5) is 0 Å². The predicted octanol–water partition coefficient (Wildman–Crippen LogP) is 6.28. The minimum atomic E-state index is -4.67. The molecular weight excluding hydrogens is 336 g/mol. The van der Waals surface area contributed by atoms with Crippen LogP contribution in [0, 0.1) is 0 Å². The zero-order valence-electron chi connectivity index (χ0n) is 15.7. The highest BCUT2D eigenvalue weighted by molar-refractivity contribution is 7.79. The number of rotatable bonds is 13. The summed E-state index contributed by atoms with van der Waals surface area (Å²) in [6.07, 6.45) is 18.5. The maximum atomic E-state index is 8.74. The Balaban J connectivity index is 0.00000101. The van der Waals surface area contributed by atoms with Crippen molar-refractivity contribution in [1.82, 2.24) is 0 Å². The molecule has 0 unspecified atom stereocenters. The van der Waals surface area contributed by atoms with Crippen LogP contribution in [-0.2, 0) is 16.8 Å². The van der Waals surface area contributed by atoms with Gasteiger partial charge in [-0.2, -0.15) is 8.42 Å². The molecule has 0 aliphatic rings. The first-order chi connectivity index (χ1) is 11.9. The molecule has 4 nitrogen and oxygen atoms in total. The van der Waals surface area contributed by atoms with E-state index in [0.29, 0.717) is 0 Å². The highest BCUT2D eigenvalue weighted by atomic mass is 32.3. The third-order valence-electron chi connectivity index (χ3n) is 4.16. The summed E-state index contributed by atoms with van der Waals surface area (Å²) in [5.74, 6) is 0. The summed E-state index contributed by atoms with van der Waals surface area (Å²) in [4.78, 5) is 0. The molecule has 0 aliphatic carbocycles. The quantitative estimate of drug-likeness (QED) is 0.316. The lowest BCUT2D eigenvalue weighted by Crippen LogP contribution is -1.89. The van der Waals surface area contributed by atoms with Gasteiger partial charge in [0.1, 0.15) is 0 Å². The molecule has 0 heterocycles. The number of benzene rings is 1. The number of aryl methyl sites for hydroxylation is 1. The third-order valence-corrected chi connectivity index (χ3v) is 4.16. The van der Waals surface area contributed by atoms with Gasteiger partial charge in [0, 0.05) is 0 Å². The zero-order chi connectivity index (χ0) is 18.8. The fraction of sp³-hybridized carbons (Fsp3) is 0.700. The summed E-state index contributed by atoms with van der Waals surface area (Å²) < 4.78 is 31.6. The molecule has 0 saturated carbocycles. The lowest BCUT2D eigenvalue weighted by atomic mass is 10.0. The molecule has 1 rings (SSSR count). The van der Waals surface area contributed by atoms with Crippen molar-refractivity contribution < 1.29 is 17.5 Å². The lowest BCUT2D eigenvalue weighted by Gasteiger charge is -2.03. The molecule has 0 aromatic heterocycles. The summed E-state index contributed by atoms with van der Waals surface area (Å²) in [6.45, 7) is 2.29. The summed E-state index contributed by atoms with van der Waals surface area (Å²) >= 11 is 0. The molecule has 5 heteroatoms. The molecule has 0 saturated heterocycles. The number of unbranched alkanes of at least 4 members (excludes halogenated alkanes) is 11. The molecule has 0 amide bonds. The number of hydrogen-bond acceptors (Lipinski definition) is 2. The van der Waals surface area contributed by atoms with Crippen molar-refractivity contribution in [3.63, 3.8) is 0 Å². The van der Waals surface area contributed by atoms with Gasteiger partial charge in [-0.25, -0.2) is 0 Å². The molecule has 25 heavy (non-hydrogen) atoms. The highest BCUT2D eigenvalue weighted by Gasteiger charge is 1.94. The Hall–Kier alpha value is -0.910. The lowest BCUT2D eigenvalue weighted by molar-refractivity contribution is 0.381. The summed E-state index contributed by atoms with van der Waals surface area (Å²) in [6, 6.07) is 10.9. The summed E-state index contributed by atoms with van der Waals surface area (Å²) in [7, 11) is -4.67. The van der Waals surface area contributed by atoms with Crippen molar-refractivity contribution >= 4 is 10.4 Å². The van der Waals surface area contributed by atoms with E-state index in [0.717, 1.165) is 0 Å². The van der Waals surface area contributed by atoms with Gasteiger partial charge in [-0.3, -0.25) is 9.11 Å². The predicted molar refractivity (Wildman–Crippen MR) is 105 cm³/mol. The van der Waals surface area contributed by atoms with Crippen LogP contribution in [0.15, 0.2) is 30.3 Å². The maximum absolute atomic E-state index is 8.74. The van der Waals surface area contributed by atoms with Crippen LogP contribution in [0.2, 0.25) is 0 Å². The van der Waals surface area contributed by atoms with E-state index < -0.39 is 10.4 Å². The van der Waals surface area contributed by atoms with Crippen LogP contribution < -0.4 is 0 Å². The van der Waals surface area contributed by atoms with Crippen LogP contribution in [0.3, 0.4) is 0 Å². The Morgan fingerprint density at radius 3 is 1.44 bits per heavy atom. The molecule has 0 bridgehead atoms. The van der Waals surface area contributed by atoms with E-state index >= 15 is 0 Å². The SMILES string of the molecule is CCCCCCCCCCCCCCc1ccccc1.O=S(=O)(O)O. The first-order valence-electron chi connectivity index (χ1n) is 9.67. The minimum absolute atomic E-state index is 1.26. The minimum Gasteiger partial charge on any atom is -0.264 e. The summed E-state index contributed by atoms with van der Waals surface area (Å²) in [5, 5.41) is 0. The second kappa shape index (κ2) is 16.6. The Labute approximate surface area is 154 Å². The molecule has 0 aliphatic heterocycles. The van der Waals surface area contributed by atoms with E-state index in [9.17, 15) is 0 Å². The Morgan fingerprint density at radius 1 is 0.680 bits per heavy atom. The molecule has 146 valence electrons. The van der Waals surface area contributed by atoms with Crippen LogP contribution >= 0.6 is 0 Å². The van der Waals surface area contributed by atoms with E-state index in [4.69, 9.17) is 17.5 Å². The van der Waals surface area contributed by atoms with Gasteiger partial charge in [-0.1, -0.05) is 108 Å². The van der Waals surface area contributed by atoms with Crippen LogP contribution in [0.1, 0.15) is 89.5 Å². The Kier molecular flexibility index (Phi) is 16.0. The summed E-state index contributed by atoms with van der Waals surface area (Å²) in [5.41, 5.74) is 1.50. The standard InChI is InChI=1S/C20H34.H2O4S/c1-2-3-4-5-6-7-8-9-10-11-12-14-17-20-18-15-13-16-19-20;1-5(2,3)4/h13,15-16,18-19H,2-12,14,17H2,1H3;(H2,1,2,3,4). The van der Waals surface area contributed by atoms with Gasteiger partial charge in [0.05, 0.1) is 0 Å². The van der Waals surface area contributed by atoms with Gasteiger partial charge in [-0.15, -0.1) is 0 Å². The fourth-order valence-electron chi connectivity index (χ4n) is 2.81. The molecule has 0 fully saturated rings. The van der Waals surface area contributed by atoms with Crippen LogP contribution in [-0.4, -0.2) is 17.5 Å². The van der Waals surface area contributed by atoms with E-state index in [-0.39, 0.29) is 0 Å². The molecule has 0 atom stereocenters. The fourth-order valence-corrected chi connectivity index (χ4v) is 2.81. The Bertz CT molecular complexity index is 478. The van der Waals surface area contributed by atoms with E-state index in [1.807, 2.05) is 0 Å². The van der Waals surface area contributed by atoms with Crippen LogP contribution in [0.5, 0.6) is 0 Å². The van der Waals surface area contributed by atoms with Gasteiger partial charge in [0.2, 0.25) is 0 Å². The molecule has 1 aromatic carbocycles. The third kappa shape index (κ3) is 23.1. The molecule has 0 radical (unpaired) electrons. The zero-order valence-corrected chi connectivity index (χ0v) is 16.5. The topological polar surface area (TPSA) is 74.6 Å². The average molecular weight is 373 g/mol. The van der Waals surface area contributed by atoms with Gasteiger partial charge in [0.25, 0.3) is 0 Å². The van der Waals surface area contributed by atoms with Crippen molar-refractivity contribution in [3.8, 4) is 0 Å². The van der Waals surface area contributed by atoms with E-state index in [1.54, 1.807) is 0 Å². The first kappa shape index (κ1) is 24.1. The molecule has 2 N–H and O–H groups in total. The average Bonchev–Trinajstić information content (AvgIpc) is 2.55. The monoisotopic (exact) mass is 372 g/mol. The highest BCUT2D eigenvalue weighted by Crippen LogP contribution is 2.13. The smallest absolute Gasteiger partial charge is 0.264 e. The second-order valence-electron chi connectivity index (χ2n) is 6.57. The normalized spacial score (nSPS) is 11.0. The molecule has 1 aromatic rings. The van der Waals surface area contributed by atoms with Crippen molar-refractivity contribution in [2.45, 2.75) is 90.4 Å². The van der Waals surface area contributed by atoms with E-state index in [1.165, 1.54) is 89.0 Å². The molecular formula is C20H36O4S. The largest absolute Gasteiger partial charge is 0.394 e. The van der Waals surface area contributed by atoms with Crippen molar-refractivity contribution in [3.05, 3.63) is 35.9 Å². The number of hydrogen-bond donors (Lipinski definition) is 2. The van der Waals surface area contributed by atoms with Gasteiger partial charge in [-0.05, 0) is 18.4 Å². The van der Waals surface area contributed by atoms with Crippen molar-refractivity contribution in [2.24, 2.45) is 0 Å². The molecule has 0 spiro atoms. The Morgan fingerprint density at radius 2 is 1.04 bits per heavy atom. The maximum Gasteiger partial charge on any atom is 0.394 e. The van der Waals surface area contributed by atoms with Gasteiger partial charge < -0.3 is 0 Å².